The number of carbonyl (C=O) groups is 1. The first kappa shape index (κ1) is 16.0. The van der Waals surface area contributed by atoms with Crippen molar-refractivity contribution in [2.45, 2.75) is 6.61 Å². The van der Waals surface area contributed by atoms with Crippen LogP contribution in [0.2, 0.25) is 15.1 Å². The van der Waals surface area contributed by atoms with E-state index in [-0.39, 0.29) is 6.61 Å². The molecule has 0 unspecified atom stereocenters. The number of hydrogen-bond donors (Lipinski definition) is 0. The van der Waals surface area contributed by atoms with Gasteiger partial charge in [0, 0.05) is 16.1 Å². The van der Waals surface area contributed by atoms with E-state index < -0.39 is 0 Å². The lowest BCUT2D eigenvalue weighted by atomic mass is 10.1. The van der Waals surface area contributed by atoms with Gasteiger partial charge in [0.25, 0.3) is 0 Å². The molecule has 0 heterocycles. The molecule has 0 spiro atoms. The first-order valence-electron chi connectivity index (χ1n) is 5.94. The van der Waals surface area contributed by atoms with E-state index in [0.29, 0.717) is 37.7 Å². The van der Waals surface area contributed by atoms with Crippen LogP contribution in [-0.4, -0.2) is 13.4 Å². The maximum Gasteiger partial charge on any atom is 0.157 e. The average Bonchev–Trinajstić information content (AvgIpc) is 2.45. The summed E-state index contributed by atoms with van der Waals surface area (Å²) in [5, 5.41) is 1.06. The number of hydrogen-bond acceptors (Lipinski definition) is 3. The Bertz CT molecular complexity index is 648. The zero-order valence-electron chi connectivity index (χ0n) is 11.0. The molecule has 2 aromatic carbocycles. The summed E-state index contributed by atoms with van der Waals surface area (Å²) in [5.74, 6) is 0.947. The Hall–Kier alpha value is -1.42. The van der Waals surface area contributed by atoms with Gasteiger partial charge in [0.2, 0.25) is 0 Å². The van der Waals surface area contributed by atoms with E-state index in [1.165, 1.54) is 0 Å². The minimum atomic E-state index is 0.159. The van der Waals surface area contributed by atoms with Crippen molar-refractivity contribution in [2.24, 2.45) is 0 Å². The predicted octanol–water partition coefficient (Wildman–Crippen LogP) is 5.05. The van der Waals surface area contributed by atoms with Crippen molar-refractivity contribution >= 4 is 41.1 Å². The molecule has 0 N–H and O–H groups in total. The zero-order chi connectivity index (χ0) is 15.4. The minimum absolute atomic E-state index is 0.159. The van der Waals surface area contributed by atoms with Crippen molar-refractivity contribution in [3.05, 3.63) is 56.5 Å². The molecule has 0 aromatic heterocycles. The maximum atomic E-state index is 10.8. The Morgan fingerprint density at radius 2 is 1.76 bits per heavy atom. The van der Waals surface area contributed by atoms with Crippen LogP contribution in [0.4, 0.5) is 0 Å². The molecule has 2 rings (SSSR count). The number of halogens is 3. The molecule has 0 aliphatic heterocycles. The standard InChI is InChI=1S/C15H11Cl3O3/c1-20-14-3-2-9(7-19)4-10(14)8-21-15-12(17)5-11(16)6-13(15)18/h2-7H,8H2,1H3. The number of ether oxygens (including phenoxy) is 2. The van der Waals surface area contributed by atoms with Crippen molar-refractivity contribution in [1.29, 1.82) is 0 Å². The second-order valence-electron chi connectivity index (χ2n) is 4.18. The molecule has 0 aliphatic carbocycles. The fraction of sp³-hybridized carbons (Fsp3) is 0.133. The van der Waals surface area contributed by atoms with Crippen LogP contribution < -0.4 is 9.47 Å². The minimum Gasteiger partial charge on any atom is -0.496 e. The molecular weight excluding hydrogens is 335 g/mol. The highest BCUT2D eigenvalue weighted by atomic mass is 35.5. The third kappa shape index (κ3) is 3.82. The number of methoxy groups -OCH3 is 1. The van der Waals surface area contributed by atoms with Crippen LogP contribution in [0.5, 0.6) is 11.5 Å². The molecule has 21 heavy (non-hydrogen) atoms. The third-order valence-electron chi connectivity index (χ3n) is 2.78. The third-order valence-corrected chi connectivity index (χ3v) is 3.56. The Labute approximate surface area is 137 Å². The molecule has 6 heteroatoms. The SMILES string of the molecule is COc1ccc(C=O)cc1COc1c(Cl)cc(Cl)cc1Cl. The summed E-state index contributed by atoms with van der Waals surface area (Å²) in [6.45, 7) is 0.159. The van der Waals surface area contributed by atoms with E-state index >= 15 is 0 Å². The maximum absolute atomic E-state index is 10.8. The quantitative estimate of drug-likeness (QED) is 0.712. The smallest absolute Gasteiger partial charge is 0.157 e. The molecule has 3 nitrogen and oxygen atoms in total. The summed E-state index contributed by atoms with van der Waals surface area (Å²) in [4.78, 5) is 10.8. The second-order valence-corrected chi connectivity index (χ2v) is 5.43. The number of aldehydes is 1. The normalized spacial score (nSPS) is 10.3. The van der Waals surface area contributed by atoms with Gasteiger partial charge in [-0.25, -0.2) is 0 Å². The van der Waals surface area contributed by atoms with Gasteiger partial charge in [-0.2, -0.15) is 0 Å². The van der Waals surface area contributed by atoms with Crippen LogP contribution in [0.15, 0.2) is 30.3 Å². The van der Waals surface area contributed by atoms with Gasteiger partial charge in [0.05, 0.1) is 17.2 Å². The summed E-state index contributed by atoms with van der Waals surface area (Å²) in [7, 11) is 1.54. The summed E-state index contributed by atoms with van der Waals surface area (Å²) in [6, 6.07) is 8.14. The first-order valence-corrected chi connectivity index (χ1v) is 7.08. The van der Waals surface area contributed by atoms with E-state index in [1.54, 1.807) is 37.4 Å². The molecule has 0 saturated heterocycles. The van der Waals surface area contributed by atoms with E-state index in [4.69, 9.17) is 44.3 Å². The van der Waals surface area contributed by atoms with Crippen molar-refractivity contribution < 1.29 is 14.3 Å². The fourth-order valence-electron chi connectivity index (χ4n) is 1.80. The highest BCUT2D eigenvalue weighted by Crippen LogP contribution is 2.36. The number of rotatable bonds is 5. The Balaban J connectivity index is 2.26. The van der Waals surface area contributed by atoms with Crippen molar-refractivity contribution in [3.63, 3.8) is 0 Å². The first-order chi connectivity index (χ1) is 10.0. The molecule has 110 valence electrons. The Morgan fingerprint density at radius 1 is 1.10 bits per heavy atom. The van der Waals surface area contributed by atoms with Gasteiger partial charge in [-0.15, -0.1) is 0 Å². The van der Waals surface area contributed by atoms with Crippen LogP contribution in [0.1, 0.15) is 15.9 Å². The molecule has 0 aliphatic rings. The summed E-state index contributed by atoms with van der Waals surface area (Å²) in [5.41, 5.74) is 1.24. The molecule has 0 fully saturated rings. The summed E-state index contributed by atoms with van der Waals surface area (Å²) in [6.07, 6.45) is 0.755. The molecule has 0 atom stereocenters. The molecule has 0 saturated carbocycles. The van der Waals surface area contributed by atoms with E-state index in [0.717, 1.165) is 6.29 Å². The summed E-state index contributed by atoms with van der Waals surface area (Å²) >= 11 is 17.9. The predicted molar refractivity (Wildman–Crippen MR) is 84.2 cm³/mol. The lowest BCUT2D eigenvalue weighted by Crippen LogP contribution is -2.00. The molecule has 0 amide bonds. The number of benzene rings is 2. The fourth-order valence-corrected chi connectivity index (χ4v) is 2.73. The van der Waals surface area contributed by atoms with Crippen LogP contribution in [0.3, 0.4) is 0 Å². The van der Waals surface area contributed by atoms with Gasteiger partial charge in [-0.1, -0.05) is 34.8 Å². The highest BCUT2D eigenvalue weighted by Gasteiger charge is 2.11. The van der Waals surface area contributed by atoms with E-state index in [2.05, 4.69) is 0 Å². The van der Waals surface area contributed by atoms with Crippen LogP contribution >= 0.6 is 34.8 Å². The van der Waals surface area contributed by atoms with Gasteiger partial charge in [0.1, 0.15) is 18.6 Å². The van der Waals surface area contributed by atoms with E-state index in [1.807, 2.05) is 0 Å². The average molecular weight is 346 g/mol. The van der Waals surface area contributed by atoms with Gasteiger partial charge < -0.3 is 9.47 Å². The van der Waals surface area contributed by atoms with Gasteiger partial charge in [-0.05, 0) is 30.3 Å². The van der Waals surface area contributed by atoms with Crippen molar-refractivity contribution in [2.75, 3.05) is 7.11 Å². The van der Waals surface area contributed by atoms with Crippen LogP contribution in [-0.2, 0) is 6.61 Å². The van der Waals surface area contributed by atoms with E-state index in [9.17, 15) is 4.79 Å². The highest BCUT2D eigenvalue weighted by molar-refractivity contribution is 6.40. The van der Waals surface area contributed by atoms with Gasteiger partial charge in [0.15, 0.2) is 5.75 Å². The molecular formula is C15H11Cl3O3. The molecule has 2 aromatic rings. The van der Waals surface area contributed by atoms with Gasteiger partial charge >= 0.3 is 0 Å². The monoisotopic (exact) mass is 344 g/mol. The topological polar surface area (TPSA) is 35.5 Å². The molecule has 0 radical (unpaired) electrons. The lowest BCUT2D eigenvalue weighted by Gasteiger charge is -2.13. The lowest BCUT2D eigenvalue weighted by molar-refractivity contribution is 0.112. The van der Waals surface area contributed by atoms with Crippen LogP contribution in [0, 0.1) is 0 Å². The number of carbonyl (C=O) groups excluding carboxylic acids is 1. The zero-order valence-corrected chi connectivity index (χ0v) is 13.3. The van der Waals surface area contributed by atoms with Crippen molar-refractivity contribution in [1.82, 2.24) is 0 Å². The largest absolute Gasteiger partial charge is 0.496 e. The van der Waals surface area contributed by atoms with Crippen molar-refractivity contribution in [3.8, 4) is 11.5 Å². The van der Waals surface area contributed by atoms with Gasteiger partial charge in [-0.3, -0.25) is 4.79 Å². The van der Waals surface area contributed by atoms with Crippen LogP contribution in [0.25, 0.3) is 0 Å². The summed E-state index contributed by atoms with van der Waals surface area (Å²) < 4.78 is 10.9. The Morgan fingerprint density at radius 3 is 2.33 bits per heavy atom. The molecule has 0 bridgehead atoms. The second kappa shape index (κ2) is 7.03. The Kier molecular flexibility index (Phi) is 5.34.